The number of hydrogen-bond acceptors (Lipinski definition) is 2. The molecule has 1 nitrogen and oxygen atoms in total. The van der Waals surface area contributed by atoms with Gasteiger partial charge in [-0.25, -0.2) is 0 Å². The minimum Gasteiger partial charge on any atom is -0.337 e. The molecule has 0 radical (unpaired) electrons. The van der Waals surface area contributed by atoms with Crippen molar-refractivity contribution in [3.8, 4) is 33.4 Å². The first-order valence-electron chi connectivity index (χ1n) is 19.8. The highest BCUT2D eigenvalue weighted by molar-refractivity contribution is 7.25. The maximum Gasteiger partial charge on any atom is 0.0481 e. The Hall–Kier alpha value is -6.74. The van der Waals surface area contributed by atoms with Gasteiger partial charge in [-0.15, -0.1) is 11.3 Å². The third-order valence-corrected chi connectivity index (χ3v) is 13.4. The first kappa shape index (κ1) is 33.6. The quantitative estimate of drug-likeness (QED) is 0.157. The molecule has 0 aliphatic heterocycles. The topological polar surface area (TPSA) is 3.24 Å². The maximum atomic E-state index is 2.48. The highest BCUT2D eigenvalue weighted by atomic mass is 32.1. The highest BCUT2D eigenvalue weighted by Crippen LogP contribution is 2.52. The average molecular weight is 746 g/mol. The molecule has 57 heavy (non-hydrogen) atoms. The van der Waals surface area contributed by atoms with Gasteiger partial charge < -0.3 is 4.90 Å². The van der Waals surface area contributed by atoms with Crippen LogP contribution in [-0.4, -0.2) is 0 Å². The third kappa shape index (κ3) is 5.59. The predicted molar refractivity (Wildman–Crippen MR) is 244 cm³/mol. The molecule has 270 valence electrons. The largest absolute Gasteiger partial charge is 0.337 e. The predicted octanol–water partition coefficient (Wildman–Crippen LogP) is 15.2. The molecule has 10 aromatic rings. The van der Waals surface area contributed by atoms with Crippen molar-refractivity contribution in [1.29, 1.82) is 0 Å². The Morgan fingerprint density at radius 2 is 1.09 bits per heavy atom. The van der Waals surface area contributed by atoms with Gasteiger partial charge in [-0.05, 0) is 116 Å². The van der Waals surface area contributed by atoms with E-state index in [1.165, 1.54) is 86.6 Å². The van der Waals surface area contributed by atoms with Crippen LogP contribution in [0.4, 0.5) is 11.4 Å². The van der Waals surface area contributed by atoms with Gasteiger partial charge >= 0.3 is 0 Å². The lowest BCUT2D eigenvalue weighted by Gasteiger charge is -2.30. The molecule has 1 aliphatic rings. The van der Waals surface area contributed by atoms with Gasteiger partial charge in [0.2, 0.25) is 0 Å². The van der Waals surface area contributed by atoms with Crippen LogP contribution in [0.5, 0.6) is 0 Å². The Morgan fingerprint density at radius 1 is 0.421 bits per heavy atom. The average Bonchev–Trinajstić information content (AvgIpc) is 3.78. The lowest BCUT2D eigenvalue weighted by Crippen LogP contribution is -2.23. The van der Waals surface area contributed by atoms with Crippen LogP contribution in [0, 0.1) is 0 Å². The van der Waals surface area contributed by atoms with Crippen molar-refractivity contribution < 1.29 is 0 Å². The molecule has 1 heterocycles. The minimum atomic E-state index is -0.251. The number of rotatable bonds is 7. The van der Waals surface area contributed by atoms with E-state index >= 15 is 0 Å². The SMILES string of the molecule is CC1(c2ccccc2)c2ccccc2-c2ccc(CN(c3ccc(-c4cccc5ccccc45)cc3)c3cccc(-c4ccc5sc6ccccc6c5c4)c3)cc21. The van der Waals surface area contributed by atoms with Crippen molar-refractivity contribution in [3.63, 3.8) is 0 Å². The Bertz CT molecular complexity index is 3110. The molecule has 9 aromatic carbocycles. The zero-order chi connectivity index (χ0) is 37.9. The molecule has 1 aromatic heterocycles. The highest BCUT2D eigenvalue weighted by Gasteiger charge is 2.40. The zero-order valence-corrected chi connectivity index (χ0v) is 32.5. The molecule has 0 fully saturated rings. The monoisotopic (exact) mass is 745 g/mol. The lowest BCUT2D eigenvalue weighted by atomic mass is 9.74. The summed E-state index contributed by atoms with van der Waals surface area (Å²) in [5.41, 5.74) is 15.0. The maximum absolute atomic E-state index is 2.48. The van der Waals surface area contributed by atoms with E-state index in [1.54, 1.807) is 0 Å². The summed E-state index contributed by atoms with van der Waals surface area (Å²) in [5, 5.41) is 5.17. The Kier molecular flexibility index (Phi) is 7.94. The molecule has 1 unspecified atom stereocenters. The van der Waals surface area contributed by atoms with Crippen LogP contribution in [0.25, 0.3) is 64.3 Å². The summed E-state index contributed by atoms with van der Waals surface area (Å²) in [6.07, 6.45) is 0. The fraction of sp³-hybridized carbons (Fsp3) is 0.0545. The van der Waals surface area contributed by atoms with E-state index in [4.69, 9.17) is 0 Å². The van der Waals surface area contributed by atoms with E-state index in [-0.39, 0.29) is 5.41 Å². The summed E-state index contributed by atoms with van der Waals surface area (Å²) < 4.78 is 2.66. The molecule has 0 amide bonds. The van der Waals surface area contributed by atoms with Crippen LogP contribution in [0.2, 0.25) is 0 Å². The summed E-state index contributed by atoms with van der Waals surface area (Å²) in [7, 11) is 0. The van der Waals surface area contributed by atoms with E-state index in [0.29, 0.717) is 0 Å². The molecule has 11 rings (SSSR count). The summed E-state index contributed by atoms with van der Waals surface area (Å²) in [6.45, 7) is 3.12. The Balaban J connectivity index is 1.03. The van der Waals surface area contributed by atoms with E-state index in [0.717, 1.165) is 17.9 Å². The molecule has 0 saturated carbocycles. The molecule has 0 saturated heterocycles. The molecule has 0 spiro atoms. The first-order valence-corrected chi connectivity index (χ1v) is 20.6. The molecule has 0 N–H and O–H groups in total. The van der Waals surface area contributed by atoms with E-state index in [9.17, 15) is 0 Å². The van der Waals surface area contributed by atoms with E-state index in [1.807, 2.05) is 11.3 Å². The van der Waals surface area contributed by atoms with Crippen LogP contribution >= 0.6 is 11.3 Å². The summed E-state index contributed by atoms with van der Waals surface area (Å²) in [6, 6.07) is 76.3. The smallest absolute Gasteiger partial charge is 0.0481 e. The van der Waals surface area contributed by atoms with Crippen molar-refractivity contribution >= 4 is 53.7 Å². The van der Waals surface area contributed by atoms with E-state index in [2.05, 4.69) is 218 Å². The van der Waals surface area contributed by atoms with Gasteiger partial charge in [-0.1, -0.05) is 164 Å². The Labute approximate surface area is 337 Å². The molecule has 0 bridgehead atoms. The van der Waals surface area contributed by atoms with Gasteiger partial charge in [0.1, 0.15) is 0 Å². The summed E-state index contributed by atoms with van der Waals surface area (Å²) >= 11 is 1.87. The van der Waals surface area contributed by atoms with Gasteiger partial charge in [0, 0.05) is 43.5 Å². The van der Waals surface area contributed by atoms with Crippen LogP contribution < -0.4 is 4.90 Å². The van der Waals surface area contributed by atoms with Gasteiger partial charge in [0.05, 0.1) is 0 Å². The first-order chi connectivity index (χ1) is 28.1. The minimum absolute atomic E-state index is 0.251. The van der Waals surface area contributed by atoms with Crippen LogP contribution in [-0.2, 0) is 12.0 Å². The van der Waals surface area contributed by atoms with Crippen molar-refractivity contribution in [2.75, 3.05) is 4.90 Å². The van der Waals surface area contributed by atoms with Gasteiger partial charge in [-0.3, -0.25) is 0 Å². The normalized spacial score (nSPS) is 14.5. The van der Waals surface area contributed by atoms with Gasteiger partial charge in [-0.2, -0.15) is 0 Å². The lowest BCUT2D eigenvalue weighted by molar-refractivity contribution is 0.712. The zero-order valence-electron chi connectivity index (χ0n) is 31.7. The number of fused-ring (bicyclic) bond motifs is 7. The fourth-order valence-electron chi connectivity index (χ4n) is 9.29. The standard InChI is InChI=1S/C55H39NS/c1-55(42-16-3-2-4-17-42)51-23-9-7-20-47(51)48-31-25-37(33-52(48)55)36-56(43-29-26-39(27-30-43)46-22-12-14-38-13-5-6-19-45(38)46)44-18-11-15-40(34-44)41-28-32-54-50(35-41)49-21-8-10-24-53(49)57-54/h2-35H,36H2,1H3. The third-order valence-electron chi connectivity index (χ3n) is 12.2. The van der Waals surface area contributed by atoms with Crippen LogP contribution in [0.15, 0.2) is 206 Å². The fourth-order valence-corrected chi connectivity index (χ4v) is 10.4. The van der Waals surface area contributed by atoms with Crippen molar-refractivity contribution in [2.24, 2.45) is 0 Å². The Morgan fingerprint density at radius 3 is 1.98 bits per heavy atom. The molecule has 1 aliphatic carbocycles. The van der Waals surface area contributed by atoms with Crippen molar-refractivity contribution in [2.45, 2.75) is 18.9 Å². The number of benzene rings is 9. The van der Waals surface area contributed by atoms with Crippen LogP contribution in [0.3, 0.4) is 0 Å². The number of hydrogen-bond donors (Lipinski definition) is 0. The summed E-state index contributed by atoms with van der Waals surface area (Å²) in [5.74, 6) is 0. The molecule has 2 heteroatoms. The number of anilines is 2. The number of thiophene rings is 1. The van der Waals surface area contributed by atoms with E-state index < -0.39 is 0 Å². The summed E-state index contributed by atoms with van der Waals surface area (Å²) in [4.78, 5) is 2.48. The second-order valence-corrected chi connectivity index (χ2v) is 16.5. The van der Waals surface area contributed by atoms with Crippen LogP contribution in [0.1, 0.15) is 29.2 Å². The second-order valence-electron chi connectivity index (χ2n) is 15.4. The molecule has 1 atom stereocenters. The second kappa shape index (κ2) is 13.5. The van der Waals surface area contributed by atoms with Gasteiger partial charge in [0.25, 0.3) is 0 Å². The number of nitrogens with zero attached hydrogens (tertiary/aromatic N) is 1. The molecular formula is C55H39NS. The molecular weight excluding hydrogens is 707 g/mol. The van der Waals surface area contributed by atoms with Crippen molar-refractivity contribution in [1.82, 2.24) is 0 Å². The van der Waals surface area contributed by atoms with Crippen molar-refractivity contribution in [3.05, 3.63) is 229 Å². The van der Waals surface area contributed by atoms with Gasteiger partial charge in [0.15, 0.2) is 0 Å².